The van der Waals surface area contributed by atoms with E-state index in [1.165, 1.54) is 18.9 Å². The second-order valence-corrected chi connectivity index (χ2v) is 5.04. The molecule has 1 aromatic rings. The molecule has 0 heterocycles. The van der Waals surface area contributed by atoms with E-state index in [0.717, 1.165) is 19.3 Å². The van der Waals surface area contributed by atoms with Crippen LogP contribution in [0.25, 0.3) is 0 Å². The number of rotatable bonds is 4. The first-order valence-corrected chi connectivity index (χ1v) is 6.44. The fourth-order valence-corrected chi connectivity index (χ4v) is 3.23. The Morgan fingerprint density at radius 2 is 2.00 bits per heavy atom. The summed E-state index contributed by atoms with van der Waals surface area (Å²) in [5.41, 5.74) is 3.68. The highest BCUT2D eigenvalue weighted by atomic mass is 19.1. The maximum Gasteiger partial charge on any atom is 0.128 e. The second-order valence-electron chi connectivity index (χ2n) is 5.04. The number of hydrogen-bond acceptors (Lipinski definition) is 2. The molecule has 3 heteroatoms. The molecule has 0 radical (unpaired) electrons. The van der Waals surface area contributed by atoms with Gasteiger partial charge in [-0.2, -0.15) is 0 Å². The summed E-state index contributed by atoms with van der Waals surface area (Å²) < 4.78 is 13.9. The zero-order valence-corrected chi connectivity index (χ0v) is 10.4. The molecule has 0 spiro atoms. The molecule has 1 aliphatic rings. The first-order valence-electron chi connectivity index (χ1n) is 6.44. The van der Waals surface area contributed by atoms with Gasteiger partial charge in [0.05, 0.1) is 6.04 Å². The number of nitrogens with two attached hydrogens (primary N) is 1. The van der Waals surface area contributed by atoms with E-state index in [-0.39, 0.29) is 17.3 Å². The van der Waals surface area contributed by atoms with E-state index in [0.29, 0.717) is 5.56 Å². The van der Waals surface area contributed by atoms with Crippen molar-refractivity contribution in [3.05, 3.63) is 35.6 Å². The van der Waals surface area contributed by atoms with Crippen LogP contribution in [-0.2, 0) is 0 Å². The predicted molar refractivity (Wildman–Crippen MR) is 67.7 cm³/mol. The van der Waals surface area contributed by atoms with Gasteiger partial charge >= 0.3 is 0 Å². The topological polar surface area (TPSA) is 38.0 Å². The molecule has 3 N–H and O–H groups in total. The molecule has 1 unspecified atom stereocenters. The van der Waals surface area contributed by atoms with Crippen molar-refractivity contribution < 1.29 is 4.39 Å². The van der Waals surface area contributed by atoms with Crippen LogP contribution in [0.1, 0.15) is 50.6 Å². The predicted octanol–water partition coefficient (Wildman–Crippen LogP) is 3.30. The van der Waals surface area contributed by atoms with Gasteiger partial charge in [0.25, 0.3) is 0 Å². The third-order valence-electron chi connectivity index (χ3n) is 4.30. The lowest BCUT2D eigenvalue weighted by molar-refractivity contribution is 0.184. The number of hydrazine groups is 1. The highest BCUT2D eigenvalue weighted by molar-refractivity contribution is 5.24. The molecule has 2 nitrogen and oxygen atoms in total. The highest BCUT2D eigenvalue weighted by Gasteiger charge is 2.40. The molecule has 1 aliphatic carbocycles. The van der Waals surface area contributed by atoms with Crippen molar-refractivity contribution in [1.82, 2.24) is 5.43 Å². The van der Waals surface area contributed by atoms with Crippen molar-refractivity contribution in [1.29, 1.82) is 0 Å². The van der Waals surface area contributed by atoms with Crippen molar-refractivity contribution in [2.75, 3.05) is 0 Å². The molecule has 1 saturated carbocycles. The van der Waals surface area contributed by atoms with Crippen molar-refractivity contribution in [3.63, 3.8) is 0 Å². The van der Waals surface area contributed by atoms with E-state index in [1.807, 2.05) is 12.1 Å². The van der Waals surface area contributed by atoms with Crippen LogP contribution in [0.5, 0.6) is 0 Å². The smallest absolute Gasteiger partial charge is 0.128 e. The molecule has 1 atom stereocenters. The summed E-state index contributed by atoms with van der Waals surface area (Å²) in [6, 6.07) is 6.88. The Kier molecular flexibility index (Phi) is 3.79. The van der Waals surface area contributed by atoms with Crippen LogP contribution in [0.2, 0.25) is 0 Å². The van der Waals surface area contributed by atoms with Gasteiger partial charge in [-0.25, -0.2) is 4.39 Å². The van der Waals surface area contributed by atoms with E-state index in [4.69, 9.17) is 5.84 Å². The minimum Gasteiger partial charge on any atom is -0.271 e. The summed E-state index contributed by atoms with van der Waals surface area (Å²) in [5.74, 6) is 5.54. The Bertz CT molecular complexity index is 372. The van der Waals surface area contributed by atoms with Crippen molar-refractivity contribution in [2.24, 2.45) is 11.3 Å². The average molecular weight is 236 g/mol. The molecule has 17 heavy (non-hydrogen) atoms. The van der Waals surface area contributed by atoms with Gasteiger partial charge in [0, 0.05) is 5.56 Å². The first-order chi connectivity index (χ1) is 8.23. The van der Waals surface area contributed by atoms with Crippen molar-refractivity contribution >= 4 is 0 Å². The Morgan fingerprint density at radius 1 is 1.35 bits per heavy atom. The summed E-state index contributed by atoms with van der Waals surface area (Å²) in [6.45, 7) is 2.18. The number of hydrogen-bond donors (Lipinski definition) is 2. The molecule has 94 valence electrons. The minimum absolute atomic E-state index is 0.0730. The molecule has 1 fully saturated rings. The lowest BCUT2D eigenvalue weighted by Crippen LogP contribution is -2.40. The van der Waals surface area contributed by atoms with Crippen LogP contribution < -0.4 is 11.3 Å². The third-order valence-corrected chi connectivity index (χ3v) is 4.30. The van der Waals surface area contributed by atoms with E-state index in [1.54, 1.807) is 6.07 Å². The molecular weight excluding hydrogens is 215 g/mol. The van der Waals surface area contributed by atoms with Gasteiger partial charge in [-0.05, 0) is 30.7 Å². The van der Waals surface area contributed by atoms with Crippen molar-refractivity contribution in [2.45, 2.75) is 45.1 Å². The van der Waals surface area contributed by atoms with E-state index in [2.05, 4.69) is 12.3 Å². The molecule has 0 amide bonds. The fraction of sp³-hybridized carbons (Fsp3) is 0.571. The normalized spacial score (nSPS) is 20.4. The van der Waals surface area contributed by atoms with Gasteiger partial charge in [-0.3, -0.25) is 11.3 Å². The molecule has 0 saturated heterocycles. The van der Waals surface area contributed by atoms with Gasteiger partial charge in [-0.15, -0.1) is 0 Å². The maximum atomic E-state index is 13.9. The molecule has 0 aromatic heterocycles. The fourth-order valence-electron chi connectivity index (χ4n) is 3.23. The Balaban J connectivity index is 2.36. The molecule has 2 rings (SSSR count). The van der Waals surface area contributed by atoms with Gasteiger partial charge in [0.15, 0.2) is 0 Å². The summed E-state index contributed by atoms with van der Waals surface area (Å²) in [5, 5.41) is 0. The Morgan fingerprint density at radius 3 is 2.53 bits per heavy atom. The van der Waals surface area contributed by atoms with Crippen LogP contribution >= 0.6 is 0 Å². The standard InChI is InChI=1S/C14H21FN2/c1-2-14(9-5-6-10-14)13(17-16)11-7-3-4-8-12(11)15/h3-4,7-8,13,17H,2,5-6,9-10,16H2,1H3. The van der Waals surface area contributed by atoms with Gasteiger partial charge in [-0.1, -0.05) is 38.0 Å². The van der Waals surface area contributed by atoms with Gasteiger partial charge < -0.3 is 0 Å². The Hall–Kier alpha value is -0.930. The summed E-state index contributed by atoms with van der Waals surface area (Å²) in [6.07, 6.45) is 5.75. The zero-order chi connectivity index (χ0) is 12.3. The van der Waals surface area contributed by atoms with Crippen LogP contribution in [0.3, 0.4) is 0 Å². The van der Waals surface area contributed by atoms with Gasteiger partial charge in [0.2, 0.25) is 0 Å². The van der Waals surface area contributed by atoms with Crippen LogP contribution in [-0.4, -0.2) is 0 Å². The summed E-state index contributed by atoms with van der Waals surface area (Å²) >= 11 is 0. The number of nitrogens with one attached hydrogen (secondary N) is 1. The quantitative estimate of drug-likeness (QED) is 0.622. The molecule has 0 bridgehead atoms. The highest BCUT2D eigenvalue weighted by Crippen LogP contribution is 2.50. The van der Waals surface area contributed by atoms with Crippen LogP contribution in [0.4, 0.5) is 4.39 Å². The van der Waals surface area contributed by atoms with Crippen molar-refractivity contribution in [3.8, 4) is 0 Å². The SMILES string of the molecule is CCC1(C(NN)c2ccccc2F)CCCC1. The molecular formula is C14H21FN2. The summed E-state index contributed by atoms with van der Waals surface area (Å²) in [4.78, 5) is 0. The van der Waals surface area contributed by atoms with Crippen LogP contribution in [0, 0.1) is 11.2 Å². The van der Waals surface area contributed by atoms with E-state index < -0.39 is 0 Å². The molecule has 1 aromatic carbocycles. The number of benzene rings is 1. The lowest BCUT2D eigenvalue weighted by Gasteiger charge is -2.37. The monoisotopic (exact) mass is 236 g/mol. The van der Waals surface area contributed by atoms with E-state index >= 15 is 0 Å². The summed E-state index contributed by atoms with van der Waals surface area (Å²) in [7, 11) is 0. The zero-order valence-electron chi connectivity index (χ0n) is 10.4. The number of halogens is 1. The third kappa shape index (κ3) is 2.22. The largest absolute Gasteiger partial charge is 0.271 e. The Labute approximate surface area is 102 Å². The van der Waals surface area contributed by atoms with Crippen LogP contribution in [0.15, 0.2) is 24.3 Å². The van der Waals surface area contributed by atoms with Gasteiger partial charge in [0.1, 0.15) is 5.82 Å². The minimum atomic E-state index is -0.157. The lowest BCUT2D eigenvalue weighted by atomic mass is 9.73. The second kappa shape index (κ2) is 5.15. The first kappa shape index (κ1) is 12.5. The average Bonchev–Trinajstić information content (AvgIpc) is 2.82. The van der Waals surface area contributed by atoms with E-state index in [9.17, 15) is 4.39 Å². The maximum absolute atomic E-state index is 13.9. The molecule has 0 aliphatic heterocycles.